The maximum atomic E-state index is 13.2. The quantitative estimate of drug-likeness (QED) is 0.618. The molecule has 0 saturated carbocycles. The lowest BCUT2D eigenvalue weighted by atomic mass is 10.1. The molecule has 0 aliphatic heterocycles. The number of carbonyl (C=O) groups excluding carboxylic acids is 1. The molecular formula is C21H22F2N4O3. The van der Waals surface area contributed by atoms with Gasteiger partial charge in [-0.05, 0) is 43.4 Å². The van der Waals surface area contributed by atoms with Crippen molar-refractivity contribution >= 4 is 5.91 Å². The third kappa shape index (κ3) is 4.34. The van der Waals surface area contributed by atoms with Crippen LogP contribution in [0.3, 0.4) is 0 Å². The minimum atomic E-state index is -1.00. The summed E-state index contributed by atoms with van der Waals surface area (Å²) in [6, 6.07) is 4.70. The molecule has 0 saturated heterocycles. The van der Waals surface area contributed by atoms with Crippen molar-refractivity contribution in [3.05, 3.63) is 64.3 Å². The number of halogens is 2. The number of nitrogens with one attached hydrogen (secondary N) is 1. The van der Waals surface area contributed by atoms with Crippen LogP contribution in [0.4, 0.5) is 8.78 Å². The Hall–Kier alpha value is -3.23. The smallest absolute Gasteiger partial charge is 0.276 e. The Morgan fingerprint density at radius 3 is 2.87 bits per heavy atom. The number of aryl methyl sites for hydroxylation is 1. The molecule has 3 aromatic rings. The number of ether oxygens (including phenoxy) is 1. The van der Waals surface area contributed by atoms with Crippen molar-refractivity contribution in [2.75, 3.05) is 7.05 Å². The standard InChI is InChI=1S/C21H22F2N4O3/c1-27(11-20-15-5-3-2-4-6-18(15)24-25-20)21(28)19-10-14(30-26-19)12-29-13-7-8-16(22)17(23)9-13/h7-10H,2-6,11-12H2,1H3,(H,24,25). The number of H-pyrrole nitrogens is 1. The fourth-order valence-electron chi connectivity index (χ4n) is 3.55. The average Bonchev–Trinajstić information content (AvgIpc) is 3.29. The Bertz CT molecular complexity index is 1050. The lowest BCUT2D eigenvalue weighted by molar-refractivity contribution is 0.0772. The van der Waals surface area contributed by atoms with Crippen LogP contribution in [0.5, 0.6) is 5.75 Å². The second kappa shape index (κ2) is 8.64. The number of benzene rings is 1. The second-order valence-corrected chi connectivity index (χ2v) is 7.39. The molecule has 2 aromatic heterocycles. The van der Waals surface area contributed by atoms with E-state index in [4.69, 9.17) is 9.26 Å². The van der Waals surface area contributed by atoms with Crippen LogP contribution in [-0.4, -0.2) is 33.2 Å². The molecule has 0 spiro atoms. The molecule has 1 aliphatic carbocycles. The number of amides is 1. The van der Waals surface area contributed by atoms with E-state index in [9.17, 15) is 13.6 Å². The number of rotatable bonds is 6. The van der Waals surface area contributed by atoms with Crippen LogP contribution in [-0.2, 0) is 26.0 Å². The molecule has 9 heteroatoms. The molecule has 0 unspecified atom stereocenters. The van der Waals surface area contributed by atoms with Gasteiger partial charge in [0.25, 0.3) is 5.91 Å². The highest BCUT2D eigenvalue weighted by Crippen LogP contribution is 2.23. The summed E-state index contributed by atoms with van der Waals surface area (Å²) in [4.78, 5) is 14.3. The van der Waals surface area contributed by atoms with Crippen molar-refractivity contribution in [1.82, 2.24) is 20.3 Å². The lowest BCUT2D eigenvalue weighted by Crippen LogP contribution is -2.27. The minimum absolute atomic E-state index is 0.0675. The zero-order valence-corrected chi connectivity index (χ0v) is 16.6. The van der Waals surface area contributed by atoms with Gasteiger partial charge in [0.1, 0.15) is 12.4 Å². The molecule has 1 N–H and O–H groups in total. The second-order valence-electron chi connectivity index (χ2n) is 7.39. The van der Waals surface area contributed by atoms with Crippen molar-refractivity contribution in [3.63, 3.8) is 0 Å². The zero-order chi connectivity index (χ0) is 21.1. The fourth-order valence-corrected chi connectivity index (χ4v) is 3.55. The Balaban J connectivity index is 1.37. The van der Waals surface area contributed by atoms with E-state index in [1.807, 2.05) is 0 Å². The molecule has 158 valence electrons. The van der Waals surface area contributed by atoms with Crippen LogP contribution in [0.15, 0.2) is 28.8 Å². The summed E-state index contributed by atoms with van der Waals surface area (Å²) in [7, 11) is 1.69. The van der Waals surface area contributed by atoms with Crippen molar-refractivity contribution in [1.29, 1.82) is 0 Å². The summed E-state index contributed by atoms with van der Waals surface area (Å²) in [6.45, 7) is 0.306. The normalized spacial score (nSPS) is 13.6. The topological polar surface area (TPSA) is 84.2 Å². The summed E-state index contributed by atoms with van der Waals surface area (Å²) < 4.78 is 36.7. The molecule has 0 fully saturated rings. The Kier molecular flexibility index (Phi) is 5.78. The SMILES string of the molecule is CN(Cc1n[nH]c2c1CCCCC2)C(=O)c1cc(COc2ccc(F)c(F)c2)on1. The third-order valence-electron chi connectivity index (χ3n) is 5.18. The van der Waals surface area contributed by atoms with E-state index < -0.39 is 11.6 Å². The van der Waals surface area contributed by atoms with Gasteiger partial charge in [0.05, 0.1) is 12.2 Å². The maximum absolute atomic E-state index is 13.2. The van der Waals surface area contributed by atoms with Crippen molar-refractivity contribution in [2.24, 2.45) is 0 Å². The summed E-state index contributed by atoms with van der Waals surface area (Å²) in [6.07, 6.45) is 5.44. The Morgan fingerprint density at radius 1 is 1.20 bits per heavy atom. The van der Waals surface area contributed by atoms with Crippen molar-refractivity contribution in [3.8, 4) is 5.75 Å². The summed E-state index contributed by atoms with van der Waals surface area (Å²) >= 11 is 0. The number of hydrogen-bond donors (Lipinski definition) is 1. The highest BCUT2D eigenvalue weighted by atomic mass is 19.2. The average molecular weight is 416 g/mol. The highest BCUT2D eigenvalue weighted by Gasteiger charge is 2.21. The largest absolute Gasteiger partial charge is 0.485 e. The van der Waals surface area contributed by atoms with E-state index in [0.717, 1.165) is 43.5 Å². The molecule has 0 radical (unpaired) electrons. The molecule has 0 atom stereocenters. The Labute approximate surface area is 172 Å². The molecule has 2 heterocycles. The van der Waals surface area contributed by atoms with E-state index in [1.165, 1.54) is 29.8 Å². The van der Waals surface area contributed by atoms with Gasteiger partial charge < -0.3 is 14.2 Å². The van der Waals surface area contributed by atoms with Crippen LogP contribution in [0.25, 0.3) is 0 Å². The molecule has 1 aliphatic rings. The van der Waals surface area contributed by atoms with E-state index in [2.05, 4.69) is 15.4 Å². The number of aromatic nitrogens is 3. The lowest BCUT2D eigenvalue weighted by Gasteiger charge is -2.15. The first kappa shape index (κ1) is 20.1. The zero-order valence-electron chi connectivity index (χ0n) is 16.6. The van der Waals surface area contributed by atoms with Crippen LogP contribution in [0.1, 0.15) is 52.5 Å². The van der Waals surface area contributed by atoms with E-state index in [1.54, 1.807) is 11.9 Å². The predicted octanol–water partition coefficient (Wildman–Crippen LogP) is 3.80. The first-order valence-corrected chi connectivity index (χ1v) is 9.85. The van der Waals surface area contributed by atoms with Crippen LogP contribution < -0.4 is 4.74 Å². The first-order valence-electron chi connectivity index (χ1n) is 9.85. The number of aromatic amines is 1. The van der Waals surface area contributed by atoms with E-state index >= 15 is 0 Å². The Morgan fingerprint density at radius 2 is 2.03 bits per heavy atom. The molecule has 30 heavy (non-hydrogen) atoms. The molecule has 4 rings (SSSR count). The number of nitrogens with zero attached hydrogens (tertiary/aromatic N) is 3. The van der Waals surface area contributed by atoms with Crippen molar-refractivity contribution in [2.45, 2.75) is 45.3 Å². The minimum Gasteiger partial charge on any atom is -0.485 e. The van der Waals surface area contributed by atoms with Gasteiger partial charge in [-0.15, -0.1) is 0 Å². The first-order chi connectivity index (χ1) is 14.5. The monoisotopic (exact) mass is 416 g/mol. The third-order valence-corrected chi connectivity index (χ3v) is 5.18. The summed E-state index contributed by atoms with van der Waals surface area (Å²) in [5, 5.41) is 11.3. The number of hydrogen-bond acceptors (Lipinski definition) is 5. The van der Waals surface area contributed by atoms with E-state index in [0.29, 0.717) is 12.3 Å². The van der Waals surface area contributed by atoms with E-state index in [-0.39, 0.29) is 24.0 Å². The molecule has 1 amide bonds. The van der Waals surface area contributed by atoms with Gasteiger partial charge in [-0.2, -0.15) is 5.10 Å². The van der Waals surface area contributed by atoms with Gasteiger partial charge in [0.2, 0.25) is 0 Å². The van der Waals surface area contributed by atoms with Gasteiger partial charge in [-0.3, -0.25) is 9.89 Å². The molecule has 0 bridgehead atoms. The highest BCUT2D eigenvalue weighted by molar-refractivity contribution is 5.92. The van der Waals surface area contributed by atoms with Crippen molar-refractivity contribution < 1.29 is 22.8 Å². The van der Waals surface area contributed by atoms with Gasteiger partial charge in [-0.1, -0.05) is 11.6 Å². The van der Waals surface area contributed by atoms with Gasteiger partial charge >= 0.3 is 0 Å². The molecular weight excluding hydrogens is 394 g/mol. The fraction of sp³-hybridized carbons (Fsp3) is 0.381. The predicted molar refractivity (Wildman–Crippen MR) is 103 cm³/mol. The summed E-state index contributed by atoms with van der Waals surface area (Å²) in [5.74, 6) is -1.81. The molecule has 1 aromatic carbocycles. The summed E-state index contributed by atoms with van der Waals surface area (Å²) in [5.41, 5.74) is 3.41. The van der Waals surface area contributed by atoms with Gasteiger partial charge in [0.15, 0.2) is 23.1 Å². The number of fused-ring (bicyclic) bond motifs is 1. The van der Waals surface area contributed by atoms with Crippen LogP contribution in [0, 0.1) is 11.6 Å². The van der Waals surface area contributed by atoms with Crippen LogP contribution >= 0.6 is 0 Å². The molecule has 7 nitrogen and oxygen atoms in total. The van der Waals surface area contributed by atoms with Gasteiger partial charge in [0, 0.05) is 24.9 Å². The number of carbonyl (C=O) groups is 1. The maximum Gasteiger partial charge on any atom is 0.276 e. The van der Waals surface area contributed by atoms with Crippen LogP contribution in [0.2, 0.25) is 0 Å². The van der Waals surface area contributed by atoms with Gasteiger partial charge in [-0.25, -0.2) is 8.78 Å².